The molecule has 0 amide bonds. The number of aliphatic hydroxyl groups is 2. The summed E-state index contributed by atoms with van der Waals surface area (Å²) in [6.07, 6.45) is 11.4. The first kappa shape index (κ1) is 27.6. The van der Waals surface area contributed by atoms with Crippen molar-refractivity contribution in [3.8, 4) is 0 Å². The van der Waals surface area contributed by atoms with Crippen LogP contribution in [0.5, 0.6) is 0 Å². The summed E-state index contributed by atoms with van der Waals surface area (Å²) in [5, 5.41) is 23.3. The molecule has 12 atom stereocenters. The fraction of sp³-hybridized carbons (Fsp3) is 1.00. The summed E-state index contributed by atoms with van der Waals surface area (Å²) in [6.45, 7) is 12.9. The van der Waals surface area contributed by atoms with E-state index in [0.717, 1.165) is 51.4 Å². The minimum atomic E-state index is -3.29. The number of hydrogen-bond donors (Lipinski definition) is 2. The van der Waals surface area contributed by atoms with E-state index in [1.165, 1.54) is 19.1 Å². The molecule has 1 heterocycles. The molecule has 0 aromatic heterocycles. The lowest BCUT2D eigenvalue weighted by Crippen LogP contribution is -2.59. The minimum absolute atomic E-state index is 0.0161. The summed E-state index contributed by atoms with van der Waals surface area (Å²) in [5.74, 6) is 2.25. The second kappa shape index (κ2) is 8.24. The van der Waals surface area contributed by atoms with Crippen molar-refractivity contribution in [1.29, 1.82) is 0 Å². The van der Waals surface area contributed by atoms with E-state index in [2.05, 4.69) is 34.6 Å². The van der Waals surface area contributed by atoms with Gasteiger partial charge in [0.25, 0.3) is 0 Å². The molecule has 2 N–H and O–H groups in total. The normalized spacial score (nSPS) is 55.7. The first-order valence-corrected chi connectivity index (χ1v) is 17.9. The number of rotatable bonds is 5. The summed E-state index contributed by atoms with van der Waals surface area (Å²) in [4.78, 5) is 0. The van der Waals surface area contributed by atoms with Gasteiger partial charge in [0.05, 0.1) is 30.7 Å². The molecule has 6 nitrogen and oxygen atoms in total. The zero-order valence-electron chi connectivity index (χ0n) is 25.2. The summed E-state index contributed by atoms with van der Waals surface area (Å²) < 4.78 is 33.8. The second-order valence-corrected chi connectivity index (χ2v) is 18.7. The first-order chi connectivity index (χ1) is 18.1. The van der Waals surface area contributed by atoms with Crippen LogP contribution < -0.4 is 0 Å². The van der Waals surface area contributed by atoms with Crippen LogP contribution in [0.25, 0.3) is 0 Å². The van der Waals surface area contributed by atoms with E-state index >= 15 is 0 Å². The maximum Gasteiger partial charge on any atom is 0.211 e. The third kappa shape index (κ3) is 3.43. The van der Waals surface area contributed by atoms with Crippen molar-refractivity contribution in [2.75, 3.05) is 19.3 Å². The monoisotopic (exact) mass is 563 g/mol. The Bertz CT molecular complexity index is 1140. The smallest absolute Gasteiger partial charge is 0.211 e. The molecule has 0 radical (unpaired) electrons. The van der Waals surface area contributed by atoms with Gasteiger partial charge in [-0.1, -0.05) is 34.6 Å². The van der Waals surface area contributed by atoms with Crippen LogP contribution in [-0.2, 0) is 14.8 Å². The SMILES string of the molecule is CC1CC(CN(CC2CC2)S(C)(=O)=O)OC2C1C1(C)CCC34CC35CCC(O)C(C)(C)C5CCC4C1(C)C2O. The number of fused-ring (bicyclic) bond motifs is 4. The Balaban J connectivity index is 1.18. The van der Waals surface area contributed by atoms with Crippen molar-refractivity contribution in [1.82, 2.24) is 4.31 Å². The first-order valence-electron chi connectivity index (χ1n) is 16.1. The lowest BCUT2D eigenvalue weighted by Gasteiger charge is -2.63. The highest BCUT2D eigenvalue weighted by Gasteiger charge is 2.84. The van der Waals surface area contributed by atoms with Crippen LogP contribution in [-0.4, -0.2) is 66.7 Å². The van der Waals surface area contributed by atoms with Crippen LogP contribution in [0.1, 0.15) is 98.8 Å². The summed E-state index contributed by atoms with van der Waals surface area (Å²) in [7, 11) is -3.29. The molecule has 1 aliphatic heterocycles. The predicted molar refractivity (Wildman–Crippen MR) is 151 cm³/mol. The highest BCUT2D eigenvalue weighted by atomic mass is 32.2. The molecule has 7 aliphatic rings. The zero-order valence-corrected chi connectivity index (χ0v) is 26.0. The Labute approximate surface area is 236 Å². The number of sulfonamides is 1. The van der Waals surface area contributed by atoms with E-state index in [1.807, 2.05) is 0 Å². The second-order valence-electron chi connectivity index (χ2n) is 16.7. The highest BCUT2D eigenvalue weighted by molar-refractivity contribution is 7.88. The van der Waals surface area contributed by atoms with Gasteiger partial charge in [0.15, 0.2) is 0 Å². The predicted octanol–water partition coefficient (Wildman–Crippen LogP) is 4.83. The molecule has 6 saturated carbocycles. The van der Waals surface area contributed by atoms with Crippen molar-refractivity contribution in [2.24, 2.45) is 56.7 Å². The van der Waals surface area contributed by atoms with E-state index < -0.39 is 16.1 Å². The number of aliphatic hydroxyl groups excluding tert-OH is 2. The van der Waals surface area contributed by atoms with Gasteiger partial charge in [-0.25, -0.2) is 8.42 Å². The maximum absolute atomic E-state index is 12.6. The van der Waals surface area contributed by atoms with Crippen molar-refractivity contribution < 1.29 is 23.4 Å². The Kier molecular flexibility index (Phi) is 5.83. The van der Waals surface area contributed by atoms with Crippen LogP contribution in [0.2, 0.25) is 0 Å². The van der Waals surface area contributed by atoms with Gasteiger partial charge in [-0.3, -0.25) is 0 Å². The highest BCUT2D eigenvalue weighted by Crippen LogP contribution is 2.89. The quantitative estimate of drug-likeness (QED) is 0.500. The summed E-state index contributed by atoms with van der Waals surface area (Å²) in [5.41, 5.74) is 0.416. The van der Waals surface area contributed by atoms with Crippen molar-refractivity contribution in [3.05, 3.63) is 0 Å². The van der Waals surface area contributed by atoms with E-state index in [-0.39, 0.29) is 34.6 Å². The lowest BCUT2D eigenvalue weighted by atomic mass is 9.41. The number of nitrogens with zero attached hydrogens (tertiary/aromatic N) is 1. The van der Waals surface area contributed by atoms with Gasteiger partial charge in [-0.2, -0.15) is 4.31 Å². The standard InChI is InChI=1S/C32H53NO5S/c1-19-15-21(17-33(39(6,36)37)16-20-7-8-20)38-26-25(19)29(4)13-14-32-18-31(32)12-11-24(34)28(2,3)22(31)9-10-23(32)30(29,5)27(26)35/h19-27,34-35H,7-18H2,1-6H3. The van der Waals surface area contributed by atoms with Gasteiger partial charge >= 0.3 is 0 Å². The maximum atomic E-state index is 12.6. The van der Waals surface area contributed by atoms with E-state index in [0.29, 0.717) is 53.5 Å². The van der Waals surface area contributed by atoms with Crippen LogP contribution >= 0.6 is 0 Å². The van der Waals surface area contributed by atoms with Crippen LogP contribution in [0.3, 0.4) is 0 Å². The number of ether oxygens (including phenoxy) is 1. The molecule has 0 aromatic carbocycles. The molecule has 7 heteroatoms. The topological polar surface area (TPSA) is 87.1 Å². The molecular weight excluding hydrogens is 510 g/mol. The zero-order chi connectivity index (χ0) is 28.0. The van der Waals surface area contributed by atoms with Gasteiger partial charge in [0, 0.05) is 18.5 Å². The molecule has 7 fully saturated rings. The van der Waals surface area contributed by atoms with Crippen molar-refractivity contribution in [3.63, 3.8) is 0 Å². The molecule has 39 heavy (non-hydrogen) atoms. The Hall–Kier alpha value is -0.210. The van der Waals surface area contributed by atoms with E-state index in [4.69, 9.17) is 4.74 Å². The van der Waals surface area contributed by atoms with E-state index in [1.54, 1.807) is 4.31 Å². The van der Waals surface area contributed by atoms with Gasteiger partial charge in [-0.05, 0) is 115 Å². The molecule has 2 spiro atoms. The molecular formula is C32H53NO5S. The van der Waals surface area contributed by atoms with Gasteiger partial charge in [0.2, 0.25) is 10.0 Å². The lowest BCUT2D eigenvalue weighted by molar-refractivity contribution is -0.182. The largest absolute Gasteiger partial charge is 0.393 e. The van der Waals surface area contributed by atoms with Crippen LogP contribution in [0, 0.1) is 56.7 Å². The molecule has 222 valence electrons. The Morgan fingerprint density at radius 2 is 1.56 bits per heavy atom. The Morgan fingerprint density at radius 1 is 0.897 bits per heavy atom. The molecule has 7 rings (SSSR count). The van der Waals surface area contributed by atoms with Gasteiger partial charge < -0.3 is 14.9 Å². The summed E-state index contributed by atoms with van der Waals surface area (Å²) >= 11 is 0. The third-order valence-electron chi connectivity index (χ3n) is 14.9. The fourth-order valence-electron chi connectivity index (χ4n) is 12.7. The molecule has 12 unspecified atom stereocenters. The fourth-order valence-corrected chi connectivity index (χ4v) is 13.6. The van der Waals surface area contributed by atoms with E-state index in [9.17, 15) is 18.6 Å². The van der Waals surface area contributed by atoms with Crippen LogP contribution in [0.4, 0.5) is 0 Å². The minimum Gasteiger partial charge on any atom is -0.393 e. The molecule has 6 aliphatic carbocycles. The van der Waals surface area contributed by atoms with Crippen molar-refractivity contribution >= 4 is 10.0 Å². The number of hydrogen-bond acceptors (Lipinski definition) is 5. The van der Waals surface area contributed by atoms with Gasteiger partial charge in [0.1, 0.15) is 0 Å². The molecule has 1 saturated heterocycles. The Morgan fingerprint density at radius 3 is 2.23 bits per heavy atom. The van der Waals surface area contributed by atoms with Crippen molar-refractivity contribution in [2.45, 2.75) is 123 Å². The molecule has 0 aromatic rings. The average molecular weight is 564 g/mol. The molecule has 0 bridgehead atoms. The average Bonchev–Trinajstić information content (AvgIpc) is 3.76. The summed E-state index contributed by atoms with van der Waals surface area (Å²) in [6, 6.07) is 0. The van der Waals surface area contributed by atoms with Gasteiger partial charge in [-0.15, -0.1) is 0 Å². The third-order valence-corrected chi connectivity index (χ3v) is 16.1. The van der Waals surface area contributed by atoms with Crippen LogP contribution in [0.15, 0.2) is 0 Å².